The third kappa shape index (κ3) is 4.32. The highest BCUT2D eigenvalue weighted by Crippen LogP contribution is 2.20. The van der Waals surface area contributed by atoms with Crippen LogP contribution in [-0.4, -0.2) is 30.2 Å². The van der Waals surface area contributed by atoms with Crippen LogP contribution in [0, 0.1) is 0 Å². The number of carbonyl (C=O) groups excluding carboxylic acids is 3. The Morgan fingerprint density at radius 2 is 1.36 bits per heavy atom. The lowest BCUT2D eigenvalue weighted by molar-refractivity contribution is -0.109. The van der Waals surface area contributed by atoms with Crippen LogP contribution in [0.5, 0.6) is 0 Å². The zero-order chi connectivity index (χ0) is 19.9. The number of benzene rings is 3. The fraction of sp³-hybridized carbons (Fsp3) is 0.0870. The molecule has 0 spiro atoms. The summed E-state index contributed by atoms with van der Waals surface area (Å²) in [5.74, 6) is -0.449. The Kier molecular flexibility index (Phi) is 5.97. The molecule has 0 radical (unpaired) electrons. The van der Waals surface area contributed by atoms with E-state index in [2.05, 4.69) is 5.32 Å². The Balaban J connectivity index is 1.69. The van der Waals surface area contributed by atoms with Gasteiger partial charge in [-0.2, -0.15) is 0 Å². The van der Waals surface area contributed by atoms with Crippen molar-refractivity contribution in [1.82, 2.24) is 10.2 Å². The van der Waals surface area contributed by atoms with Gasteiger partial charge in [0.2, 0.25) is 0 Å². The molecule has 3 aromatic rings. The van der Waals surface area contributed by atoms with Crippen LogP contribution in [0.1, 0.15) is 22.0 Å². The number of nitrogens with zero attached hydrogens (tertiary/aromatic N) is 1. The topological polar surface area (TPSA) is 66.5 Å². The summed E-state index contributed by atoms with van der Waals surface area (Å²) < 4.78 is 0. The molecule has 0 saturated heterocycles. The van der Waals surface area contributed by atoms with Crippen molar-refractivity contribution in [2.45, 2.75) is 6.04 Å². The summed E-state index contributed by atoms with van der Waals surface area (Å²) in [4.78, 5) is 37.4. The minimum absolute atomic E-state index is 0.389. The number of nitrogens with one attached hydrogen (secondary N) is 1. The quantitative estimate of drug-likeness (QED) is 0.687. The Hall–Kier alpha value is -3.73. The van der Waals surface area contributed by atoms with E-state index in [4.69, 9.17) is 0 Å². The van der Waals surface area contributed by atoms with E-state index in [0.29, 0.717) is 17.4 Å². The molecule has 5 nitrogen and oxygen atoms in total. The second-order valence-electron chi connectivity index (χ2n) is 6.28. The van der Waals surface area contributed by atoms with Gasteiger partial charge in [0.15, 0.2) is 0 Å². The van der Waals surface area contributed by atoms with Gasteiger partial charge in [-0.25, -0.2) is 4.79 Å². The van der Waals surface area contributed by atoms with Crippen LogP contribution in [-0.2, 0) is 4.79 Å². The van der Waals surface area contributed by atoms with Gasteiger partial charge in [-0.1, -0.05) is 72.8 Å². The molecule has 3 aromatic carbocycles. The van der Waals surface area contributed by atoms with E-state index in [-0.39, 0.29) is 0 Å². The van der Waals surface area contributed by atoms with Crippen molar-refractivity contribution in [3.63, 3.8) is 0 Å². The lowest BCUT2D eigenvalue weighted by Crippen LogP contribution is -2.43. The van der Waals surface area contributed by atoms with Crippen molar-refractivity contribution in [2.75, 3.05) is 7.05 Å². The Bertz CT molecular complexity index is 954. The lowest BCUT2D eigenvalue weighted by Gasteiger charge is -2.20. The van der Waals surface area contributed by atoms with Crippen molar-refractivity contribution in [2.24, 2.45) is 0 Å². The van der Waals surface area contributed by atoms with Crippen LogP contribution >= 0.6 is 0 Å². The fourth-order valence-corrected chi connectivity index (χ4v) is 2.81. The van der Waals surface area contributed by atoms with Gasteiger partial charge in [0.25, 0.3) is 5.91 Å². The molecule has 0 heterocycles. The SMILES string of the molecule is CN(C(=O)NC(C=O)c1ccccc1)C(=O)c1ccc(-c2ccccc2)cc1. The maximum Gasteiger partial charge on any atom is 0.324 e. The number of urea groups is 1. The first-order chi connectivity index (χ1) is 13.6. The third-order valence-electron chi connectivity index (χ3n) is 4.42. The molecule has 3 amide bonds. The number of rotatable bonds is 5. The van der Waals surface area contributed by atoms with Crippen LogP contribution in [0.4, 0.5) is 4.79 Å². The van der Waals surface area contributed by atoms with Gasteiger partial charge < -0.3 is 10.1 Å². The van der Waals surface area contributed by atoms with Gasteiger partial charge >= 0.3 is 6.03 Å². The first-order valence-electron chi connectivity index (χ1n) is 8.84. The highest BCUT2D eigenvalue weighted by atomic mass is 16.2. The van der Waals surface area contributed by atoms with E-state index in [1.807, 2.05) is 48.5 Å². The predicted octanol–water partition coefficient (Wildman–Crippen LogP) is 4.08. The van der Waals surface area contributed by atoms with Crippen LogP contribution in [0.25, 0.3) is 11.1 Å². The van der Waals surface area contributed by atoms with E-state index in [0.717, 1.165) is 16.0 Å². The molecule has 5 heteroatoms. The zero-order valence-corrected chi connectivity index (χ0v) is 15.4. The summed E-state index contributed by atoms with van der Waals surface area (Å²) in [6, 6.07) is 24.3. The van der Waals surface area contributed by atoms with Crippen LogP contribution in [0.3, 0.4) is 0 Å². The van der Waals surface area contributed by atoms with Gasteiger partial charge in [-0.3, -0.25) is 9.69 Å². The van der Waals surface area contributed by atoms with Gasteiger partial charge in [-0.05, 0) is 28.8 Å². The summed E-state index contributed by atoms with van der Waals surface area (Å²) in [6.45, 7) is 0. The fourth-order valence-electron chi connectivity index (χ4n) is 2.81. The van der Waals surface area contributed by atoms with Crippen LogP contribution in [0.15, 0.2) is 84.9 Å². The number of carbonyl (C=O) groups is 3. The second kappa shape index (κ2) is 8.77. The molecule has 0 aliphatic carbocycles. The molecule has 3 rings (SSSR count). The largest absolute Gasteiger partial charge is 0.324 e. The van der Waals surface area contributed by atoms with Crippen LogP contribution in [0.2, 0.25) is 0 Å². The minimum atomic E-state index is -0.815. The molecular formula is C23H20N2O3. The predicted molar refractivity (Wildman–Crippen MR) is 108 cm³/mol. The van der Waals surface area contributed by atoms with E-state index in [1.54, 1.807) is 36.4 Å². The summed E-state index contributed by atoms with van der Waals surface area (Å²) in [5, 5.41) is 2.57. The van der Waals surface area contributed by atoms with E-state index in [1.165, 1.54) is 7.05 Å². The maximum absolute atomic E-state index is 12.6. The van der Waals surface area contributed by atoms with Crippen LogP contribution < -0.4 is 5.32 Å². The Labute approximate surface area is 163 Å². The van der Waals surface area contributed by atoms with E-state index in [9.17, 15) is 14.4 Å². The number of amides is 3. The van der Waals surface area contributed by atoms with Gasteiger partial charge in [0.05, 0.1) is 0 Å². The molecule has 0 bridgehead atoms. The van der Waals surface area contributed by atoms with Crippen molar-refractivity contribution in [1.29, 1.82) is 0 Å². The van der Waals surface area contributed by atoms with Crippen molar-refractivity contribution in [3.8, 4) is 11.1 Å². The standard InChI is InChI=1S/C23H20N2O3/c1-25(23(28)24-21(16-26)19-10-6-3-7-11-19)22(27)20-14-12-18(13-15-20)17-8-4-2-5-9-17/h2-16,21H,1H3,(H,24,28). The Morgan fingerprint density at radius 3 is 1.93 bits per heavy atom. The molecular weight excluding hydrogens is 352 g/mol. The summed E-state index contributed by atoms with van der Waals surface area (Å²) in [5.41, 5.74) is 3.07. The molecule has 0 aliphatic heterocycles. The molecule has 0 fully saturated rings. The Morgan fingerprint density at radius 1 is 0.821 bits per heavy atom. The monoisotopic (exact) mass is 372 g/mol. The zero-order valence-electron chi connectivity index (χ0n) is 15.4. The molecule has 1 unspecified atom stereocenters. The average molecular weight is 372 g/mol. The molecule has 1 N–H and O–H groups in total. The number of hydrogen-bond donors (Lipinski definition) is 1. The summed E-state index contributed by atoms with van der Waals surface area (Å²) in [7, 11) is 1.38. The summed E-state index contributed by atoms with van der Waals surface area (Å²) >= 11 is 0. The lowest BCUT2D eigenvalue weighted by atomic mass is 10.0. The smallest absolute Gasteiger partial charge is 0.324 e. The van der Waals surface area contributed by atoms with Gasteiger partial charge in [0.1, 0.15) is 12.3 Å². The average Bonchev–Trinajstić information content (AvgIpc) is 2.77. The van der Waals surface area contributed by atoms with E-state index < -0.39 is 18.0 Å². The maximum atomic E-state index is 12.6. The minimum Gasteiger partial charge on any atom is -0.324 e. The normalized spacial score (nSPS) is 11.3. The van der Waals surface area contributed by atoms with Crippen molar-refractivity contribution >= 4 is 18.2 Å². The van der Waals surface area contributed by atoms with Gasteiger partial charge in [0, 0.05) is 12.6 Å². The molecule has 1 atom stereocenters. The third-order valence-corrected chi connectivity index (χ3v) is 4.42. The van der Waals surface area contributed by atoms with Crippen molar-refractivity contribution in [3.05, 3.63) is 96.1 Å². The van der Waals surface area contributed by atoms with Crippen molar-refractivity contribution < 1.29 is 14.4 Å². The second-order valence-corrected chi connectivity index (χ2v) is 6.28. The molecule has 28 heavy (non-hydrogen) atoms. The number of aldehydes is 1. The molecule has 0 saturated carbocycles. The summed E-state index contributed by atoms with van der Waals surface area (Å²) in [6.07, 6.45) is 0.639. The highest BCUT2D eigenvalue weighted by Gasteiger charge is 2.22. The first kappa shape index (κ1) is 19.0. The number of hydrogen-bond acceptors (Lipinski definition) is 3. The molecule has 140 valence electrons. The first-order valence-corrected chi connectivity index (χ1v) is 8.84. The van der Waals surface area contributed by atoms with E-state index >= 15 is 0 Å². The molecule has 0 aliphatic rings. The number of imide groups is 1. The highest BCUT2D eigenvalue weighted by molar-refractivity contribution is 6.04. The van der Waals surface area contributed by atoms with Gasteiger partial charge in [-0.15, -0.1) is 0 Å². The molecule has 0 aromatic heterocycles.